The molecule has 1 saturated heterocycles. The van der Waals surface area contributed by atoms with Gasteiger partial charge in [-0.25, -0.2) is 8.42 Å². The minimum absolute atomic E-state index is 0.119. The van der Waals surface area contributed by atoms with E-state index in [1.165, 1.54) is 12.6 Å². The first-order chi connectivity index (χ1) is 7.79. The summed E-state index contributed by atoms with van der Waals surface area (Å²) in [5.74, 6) is 0. The first kappa shape index (κ1) is 14.0. The summed E-state index contributed by atoms with van der Waals surface area (Å²) in [6, 6.07) is 1.83. The number of nitriles is 1. The first-order valence-electron chi connectivity index (χ1n) is 5.89. The van der Waals surface area contributed by atoms with Gasteiger partial charge in [-0.1, -0.05) is 0 Å². The fourth-order valence-electron chi connectivity index (χ4n) is 1.70. The lowest BCUT2D eigenvalue weighted by atomic mass is 10.1. The molecule has 5 heteroatoms. The molecule has 0 atom stereocenters. The maximum absolute atomic E-state index is 12.1. The lowest BCUT2D eigenvalue weighted by molar-refractivity contribution is 0.309. The van der Waals surface area contributed by atoms with Crippen molar-refractivity contribution < 1.29 is 8.42 Å². The van der Waals surface area contributed by atoms with Crippen molar-refractivity contribution in [1.82, 2.24) is 4.90 Å². The molecule has 1 heterocycles. The third kappa shape index (κ3) is 3.22. The van der Waals surface area contributed by atoms with E-state index in [9.17, 15) is 8.42 Å². The molecule has 0 unspecified atom stereocenters. The van der Waals surface area contributed by atoms with E-state index >= 15 is 0 Å². The molecular formula is C12H20N2O2S. The van der Waals surface area contributed by atoms with Gasteiger partial charge < -0.3 is 4.90 Å². The number of allylic oxidation sites excluding steroid dienone is 1. The van der Waals surface area contributed by atoms with Gasteiger partial charge in [-0.3, -0.25) is 0 Å². The largest absolute Gasteiger partial charge is 0.376 e. The van der Waals surface area contributed by atoms with Crippen LogP contribution in [-0.4, -0.2) is 31.2 Å². The average molecular weight is 256 g/mol. The summed E-state index contributed by atoms with van der Waals surface area (Å²) in [6.07, 6.45) is 4.81. The Kier molecular flexibility index (Phi) is 4.21. The van der Waals surface area contributed by atoms with Crippen LogP contribution in [0.2, 0.25) is 0 Å². The number of nitrogens with zero attached hydrogens (tertiary/aromatic N) is 2. The van der Waals surface area contributed by atoms with Crippen molar-refractivity contribution in [2.24, 2.45) is 0 Å². The van der Waals surface area contributed by atoms with Crippen molar-refractivity contribution >= 4 is 9.84 Å². The number of piperidine rings is 1. The van der Waals surface area contributed by atoms with E-state index < -0.39 is 14.6 Å². The van der Waals surface area contributed by atoms with Crippen LogP contribution in [0.1, 0.15) is 40.0 Å². The Hall–Kier alpha value is -1.02. The van der Waals surface area contributed by atoms with Crippen LogP contribution < -0.4 is 0 Å². The molecule has 0 saturated carbocycles. The second kappa shape index (κ2) is 5.09. The highest BCUT2D eigenvalue weighted by Gasteiger charge is 2.33. The Morgan fingerprint density at radius 2 is 1.76 bits per heavy atom. The van der Waals surface area contributed by atoms with Crippen molar-refractivity contribution in [2.45, 2.75) is 44.8 Å². The van der Waals surface area contributed by atoms with Gasteiger partial charge in [-0.2, -0.15) is 5.26 Å². The number of sulfone groups is 1. The van der Waals surface area contributed by atoms with Crippen molar-refractivity contribution in [3.8, 4) is 6.07 Å². The fourth-order valence-corrected chi connectivity index (χ4v) is 2.77. The van der Waals surface area contributed by atoms with Gasteiger partial charge in [0.2, 0.25) is 0 Å². The smallest absolute Gasteiger partial charge is 0.194 e. The van der Waals surface area contributed by atoms with Crippen molar-refractivity contribution in [3.05, 3.63) is 11.1 Å². The van der Waals surface area contributed by atoms with E-state index in [1.807, 2.05) is 11.0 Å². The van der Waals surface area contributed by atoms with Gasteiger partial charge in [0.15, 0.2) is 14.7 Å². The molecule has 0 N–H and O–H groups in total. The Morgan fingerprint density at radius 3 is 2.18 bits per heavy atom. The topological polar surface area (TPSA) is 61.2 Å². The molecule has 1 fully saturated rings. The number of hydrogen-bond acceptors (Lipinski definition) is 4. The van der Waals surface area contributed by atoms with E-state index in [4.69, 9.17) is 5.26 Å². The normalized spacial score (nSPS) is 18.9. The van der Waals surface area contributed by atoms with Crippen LogP contribution in [0, 0.1) is 11.3 Å². The Labute approximate surface area is 104 Å². The maximum Gasteiger partial charge on any atom is 0.194 e. The molecule has 1 aliphatic rings. The van der Waals surface area contributed by atoms with E-state index in [0.717, 1.165) is 25.9 Å². The highest BCUT2D eigenvalue weighted by Crippen LogP contribution is 2.24. The lowest BCUT2D eigenvalue weighted by Gasteiger charge is -2.26. The number of hydrogen-bond donors (Lipinski definition) is 0. The van der Waals surface area contributed by atoms with Gasteiger partial charge in [-0.15, -0.1) is 0 Å². The molecule has 0 spiro atoms. The first-order valence-corrected chi connectivity index (χ1v) is 7.38. The second-order valence-electron chi connectivity index (χ2n) is 5.32. The zero-order valence-electron chi connectivity index (χ0n) is 10.7. The highest BCUT2D eigenvalue weighted by molar-refractivity contribution is 7.96. The molecule has 0 aromatic carbocycles. The van der Waals surface area contributed by atoms with Gasteiger partial charge in [0.05, 0.1) is 4.75 Å². The summed E-state index contributed by atoms with van der Waals surface area (Å²) < 4.78 is 23.4. The molecule has 96 valence electrons. The lowest BCUT2D eigenvalue weighted by Crippen LogP contribution is -2.31. The van der Waals surface area contributed by atoms with Gasteiger partial charge in [-0.05, 0) is 40.0 Å². The fraction of sp³-hybridized carbons (Fsp3) is 0.750. The van der Waals surface area contributed by atoms with E-state index in [0.29, 0.717) is 0 Å². The van der Waals surface area contributed by atoms with E-state index in [1.54, 1.807) is 20.8 Å². The van der Waals surface area contributed by atoms with Crippen LogP contribution in [-0.2, 0) is 9.84 Å². The molecule has 0 bridgehead atoms. The van der Waals surface area contributed by atoms with Gasteiger partial charge in [0, 0.05) is 19.3 Å². The van der Waals surface area contributed by atoms with Crippen LogP contribution in [0.4, 0.5) is 0 Å². The molecule has 1 rings (SSSR count). The molecule has 0 aromatic rings. The molecule has 0 amide bonds. The molecule has 1 aliphatic heterocycles. The Morgan fingerprint density at radius 1 is 1.24 bits per heavy atom. The molecule has 17 heavy (non-hydrogen) atoms. The van der Waals surface area contributed by atoms with Crippen LogP contribution in [0.3, 0.4) is 0 Å². The molecule has 4 nitrogen and oxygen atoms in total. The number of likely N-dealkylation sites (tertiary alicyclic amines) is 1. The monoisotopic (exact) mass is 256 g/mol. The third-order valence-electron chi connectivity index (χ3n) is 2.90. The summed E-state index contributed by atoms with van der Waals surface area (Å²) >= 11 is 0. The summed E-state index contributed by atoms with van der Waals surface area (Å²) in [6.45, 7) is 6.52. The van der Waals surface area contributed by atoms with Gasteiger partial charge >= 0.3 is 0 Å². The zero-order chi connectivity index (χ0) is 13.1. The zero-order valence-corrected chi connectivity index (χ0v) is 11.5. The van der Waals surface area contributed by atoms with Crippen LogP contribution in [0.15, 0.2) is 11.1 Å². The minimum atomic E-state index is -3.53. The Bertz CT molecular complexity index is 432. The van der Waals surface area contributed by atoms with Crippen molar-refractivity contribution in [3.63, 3.8) is 0 Å². The van der Waals surface area contributed by atoms with Crippen LogP contribution >= 0.6 is 0 Å². The standard InChI is InChI=1S/C12H20N2O2S/c1-12(2,3)17(15,16)11(9-13)10-14-7-5-4-6-8-14/h10H,4-8H2,1-3H3/b11-10+. The van der Waals surface area contributed by atoms with Crippen molar-refractivity contribution in [2.75, 3.05) is 13.1 Å². The predicted molar refractivity (Wildman–Crippen MR) is 67.8 cm³/mol. The molecular weight excluding hydrogens is 236 g/mol. The Balaban J connectivity index is 3.00. The quantitative estimate of drug-likeness (QED) is 0.709. The summed E-state index contributed by atoms with van der Waals surface area (Å²) in [7, 11) is -3.53. The summed E-state index contributed by atoms with van der Waals surface area (Å²) in [5.41, 5.74) is 0. The SMILES string of the molecule is CC(C)(C)S(=O)(=O)/C(C#N)=C/N1CCCCC1. The van der Waals surface area contributed by atoms with Gasteiger partial charge in [0.25, 0.3) is 0 Å². The third-order valence-corrected chi connectivity index (χ3v) is 5.28. The molecule has 0 radical (unpaired) electrons. The maximum atomic E-state index is 12.1. The predicted octanol–water partition coefficient (Wildman–Crippen LogP) is 2.05. The average Bonchev–Trinajstić information content (AvgIpc) is 2.25. The van der Waals surface area contributed by atoms with Gasteiger partial charge in [0.1, 0.15) is 6.07 Å². The van der Waals surface area contributed by atoms with Crippen LogP contribution in [0.25, 0.3) is 0 Å². The van der Waals surface area contributed by atoms with E-state index in [-0.39, 0.29) is 4.91 Å². The van der Waals surface area contributed by atoms with Crippen LogP contribution in [0.5, 0.6) is 0 Å². The molecule has 0 aromatic heterocycles. The second-order valence-corrected chi connectivity index (χ2v) is 7.99. The molecule has 0 aliphatic carbocycles. The summed E-state index contributed by atoms with van der Waals surface area (Å²) in [5, 5.41) is 9.03. The highest BCUT2D eigenvalue weighted by atomic mass is 32.2. The van der Waals surface area contributed by atoms with E-state index in [2.05, 4.69) is 0 Å². The number of rotatable bonds is 2. The summed E-state index contributed by atoms with van der Waals surface area (Å²) in [4.78, 5) is 1.82. The van der Waals surface area contributed by atoms with Crippen molar-refractivity contribution in [1.29, 1.82) is 5.26 Å². The minimum Gasteiger partial charge on any atom is -0.376 e.